The highest BCUT2D eigenvalue weighted by atomic mass is 16.3. The quantitative estimate of drug-likeness (QED) is 0.849. The number of rotatable bonds is 6. The number of amides is 1. The van der Waals surface area contributed by atoms with Gasteiger partial charge in [0.05, 0.1) is 6.61 Å². The van der Waals surface area contributed by atoms with Crippen LogP contribution in [0.1, 0.15) is 46.2 Å². The molecule has 25 heavy (non-hydrogen) atoms. The molecule has 2 aromatic rings. The van der Waals surface area contributed by atoms with Crippen LogP contribution in [-0.4, -0.2) is 53.0 Å². The molecule has 1 aliphatic carbocycles. The molecule has 1 heterocycles. The number of aromatic amines is 1. The van der Waals surface area contributed by atoms with E-state index in [2.05, 4.69) is 34.1 Å². The Morgan fingerprint density at radius 2 is 2.04 bits per heavy atom. The van der Waals surface area contributed by atoms with E-state index >= 15 is 0 Å². The fourth-order valence-electron chi connectivity index (χ4n) is 3.70. The van der Waals surface area contributed by atoms with Gasteiger partial charge in [0.1, 0.15) is 5.69 Å². The molecule has 1 aromatic heterocycles. The fraction of sp³-hybridized carbons (Fsp3) is 0.450. The van der Waals surface area contributed by atoms with Gasteiger partial charge in [0.25, 0.3) is 5.91 Å². The van der Waals surface area contributed by atoms with Gasteiger partial charge in [-0.3, -0.25) is 9.69 Å². The summed E-state index contributed by atoms with van der Waals surface area (Å²) in [6, 6.07) is 12.7. The predicted octanol–water partition coefficient (Wildman–Crippen LogP) is 2.59. The van der Waals surface area contributed by atoms with Gasteiger partial charge in [-0.25, -0.2) is 0 Å². The molecule has 5 nitrogen and oxygen atoms in total. The van der Waals surface area contributed by atoms with Gasteiger partial charge in [0.2, 0.25) is 0 Å². The van der Waals surface area contributed by atoms with Crippen LogP contribution in [0.15, 0.2) is 36.4 Å². The second-order valence-corrected chi connectivity index (χ2v) is 6.90. The molecule has 0 aliphatic heterocycles. The van der Waals surface area contributed by atoms with Crippen molar-refractivity contribution in [3.8, 4) is 0 Å². The maximum absolute atomic E-state index is 12.1. The number of carbonyl (C=O) groups excluding carboxylic acids is 1. The Morgan fingerprint density at radius 3 is 2.80 bits per heavy atom. The van der Waals surface area contributed by atoms with Crippen molar-refractivity contribution < 1.29 is 9.90 Å². The number of aliphatic hydroxyl groups excluding tert-OH is 1. The molecule has 1 atom stereocenters. The number of benzene rings is 1. The lowest BCUT2D eigenvalue weighted by Gasteiger charge is -2.35. The Kier molecular flexibility index (Phi) is 5.56. The third-order valence-electron chi connectivity index (χ3n) is 4.92. The van der Waals surface area contributed by atoms with Crippen molar-refractivity contribution in [2.24, 2.45) is 0 Å². The van der Waals surface area contributed by atoms with Crippen LogP contribution in [0.25, 0.3) is 0 Å². The molecule has 0 unspecified atom stereocenters. The Morgan fingerprint density at radius 1 is 1.24 bits per heavy atom. The molecule has 0 spiro atoms. The topological polar surface area (TPSA) is 59.6 Å². The first-order valence-electron chi connectivity index (χ1n) is 8.92. The maximum Gasteiger partial charge on any atom is 0.269 e. The summed E-state index contributed by atoms with van der Waals surface area (Å²) in [5, 5.41) is 9.55. The van der Waals surface area contributed by atoms with Gasteiger partial charge in [0.15, 0.2) is 0 Å². The smallest absolute Gasteiger partial charge is 0.269 e. The van der Waals surface area contributed by atoms with E-state index in [1.807, 2.05) is 12.1 Å². The number of hydrogen-bond acceptors (Lipinski definition) is 3. The molecule has 1 aromatic carbocycles. The van der Waals surface area contributed by atoms with Crippen molar-refractivity contribution in [1.82, 2.24) is 14.8 Å². The van der Waals surface area contributed by atoms with Crippen LogP contribution in [0.4, 0.5) is 0 Å². The number of nitrogens with zero attached hydrogens (tertiary/aromatic N) is 2. The van der Waals surface area contributed by atoms with Crippen molar-refractivity contribution in [3.63, 3.8) is 0 Å². The van der Waals surface area contributed by atoms with E-state index in [4.69, 9.17) is 0 Å². The molecular formula is C20H27N3O2. The average molecular weight is 341 g/mol. The van der Waals surface area contributed by atoms with E-state index in [0.29, 0.717) is 24.8 Å². The summed E-state index contributed by atoms with van der Waals surface area (Å²) >= 11 is 0. The van der Waals surface area contributed by atoms with Crippen LogP contribution in [0, 0.1) is 0 Å². The van der Waals surface area contributed by atoms with Crippen LogP contribution < -0.4 is 0 Å². The molecule has 5 heteroatoms. The summed E-state index contributed by atoms with van der Waals surface area (Å²) in [4.78, 5) is 19.2. The van der Waals surface area contributed by atoms with Crippen LogP contribution in [0.5, 0.6) is 0 Å². The molecule has 0 saturated carbocycles. The number of aliphatic hydroxyl groups is 1. The van der Waals surface area contributed by atoms with Gasteiger partial charge in [-0.1, -0.05) is 24.3 Å². The number of aryl methyl sites for hydroxylation is 1. The third-order valence-corrected chi connectivity index (χ3v) is 4.92. The highest BCUT2D eigenvalue weighted by Gasteiger charge is 2.26. The van der Waals surface area contributed by atoms with Crippen molar-refractivity contribution in [2.75, 3.05) is 27.2 Å². The minimum atomic E-state index is -0.0250. The zero-order chi connectivity index (χ0) is 17.8. The number of aromatic nitrogens is 1. The molecule has 0 fully saturated rings. The zero-order valence-electron chi connectivity index (χ0n) is 15.0. The summed E-state index contributed by atoms with van der Waals surface area (Å²) in [6.07, 6.45) is 3.39. The summed E-state index contributed by atoms with van der Waals surface area (Å²) in [6.45, 7) is 1.44. The van der Waals surface area contributed by atoms with Crippen molar-refractivity contribution in [3.05, 3.63) is 58.9 Å². The van der Waals surface area contributed by atoms with E-state index in [1.54, 1.807) is 19.0 Å². The van der Waals surface area contributed by atoms with Crippen LogP contribution in [-0.2, 0) is 13.0 Å². The summed E-state index contributed by atoms with van der Waals surface area (Å²) in [7, 11) is 3.50. The number of H-pyrrole nitrogens is 1. The van der Waals surface area contributed by atoms with Gasteiger partial charge in [-0.05, 0) is 42.5 Å². The molecule has 1 amide bonds. The second-order valence-electron chi connectivity index (χ2n) is 6.90. The van der Waals surface area contributed by atoms with Crippen molar-refractivity contribution >= 4 is 5.91 Å². The molecular weight excluding hydrogens is 314 g/mol. The molecule has 0 saturated heterocycles. The highest BCUT2D eigenvalue weighted by molar-refractivity contribution is 5.92. The first kappa shape index (κ1) is 17.7. The monoisotopic (exact) mass is 341 g/mol. The van der Waals surface area contributed by atoms with E-state index in [9.17, 15) is 9.90 Å². The lowest BCUT2D eigenvalue weighted by molar-refractivity contribution is 0.0822. The largest absolute Gasteiger partial charge is 0.395 e. The van der Waals surface area contributed by atoms with E-state index in [0.717, 1.165) is 18.5 Å². The fourth-order valence-corrected chi connectivity index (χ4v) is 3.70. The summed E-state index contributed by atoms with van der Waals surface area (Å²) in [5.41, 5.74) is 4.39. The number of carbonyl (C=O) groups is 1. The molecule has 1 aliphatic rings. The van der Waals surface area contributed by atoms with E-state index in [-0.39, 0.29) is 12.5 Å². The van der Waals surface area contributed by atoms with Gasteiger partial charge in [-0.15, -0.1) is 0 Å². The lowest BCUT2D eigenvalue weighted by atomic mass is 9.86. The summed E-state index contributed by atoms with van der Waals surface area (Å²) in [5.74, 6) is -0.0250. The average Bonchev–Trinajstić information content (AvgIpc) is 3.08. The number of fused-ring (bicyclic) bond motifs is 1. The van der Waals surface area contributed by atoms with Gasteiger partial charge < -0.3 is 15.0 Å². The number of hydrogen-bond donors (Lipinski definition) is 2. The first-order valence-corrected chi connectivity index (χ1v) is 8.92. The summed E-state index contributed by atoms with van der Waals surface area (Å²) < 4.78 is 0. The Balaban J connectivity index is 1.80. The minimum Gasteiger partial charge on any atom is -0.395 e. The minimum absolute atomic E-state index is 0.0250. The Labute approximate surface area is 149 Å². The lowest BCUT2D eigenvalue weighted by Crippen LogP contribution is -2.33. The second kappa shape index (κ2) is 7.85. The third kappa shape index (κ3) is 3.94. The SMILES string of the molecule is CN(C)C(=O)c1ccc(CN(CCO)[C@H]2CCCc3ccccc32)[nH]1. The first-order chi connectivity index (χ1) is 12.1. The molecule has 0 radical (unpaired) electrons. The Bertz CT molecular complexity index is 723. The molecule has 2 N–H and O–H groups in total. The van der Waals surface area contributed by atoms with E-state index in [1.165, 1.54) is 17.5 Å². The normalized spacial score (nSPS) is 16.7. The van der Waals surface area contributed by atoms with Crippen LogP contribution in [0.2, 0.25) is 0 Å². The standard InChI is InChI=1S/C20H27N3O2/c1-22(2)20(25)18-11-10-16(21-18)14-23(12-13-24)19-9-5-7-15-6-3-4-8-17(15)19/h3-4,6,8,10-11,19,21,24H,5,7,9,12-14H2,1-2H3/t19-/m0/s1. The van der Waals surface area contributed by atoms with Crippen molar-refractivity contribution in [2.45, 2.75) is 31.8 Å². The van der Waals surface area contributed by atoms with Gasteiger partial charge >= 0.3 is 0 Å². The maximum atomic E-state index is 12.1. The van der Waals surface area contributed by atoms with Crippen LogP contribution >= 0.6 is 0 Å². The number of nitrogens with one attached hydrogen (secondary N) is 1. The zero-order valence-corrected chi connectivity index (χ0v) is 15.0. The molecule has 3 rings (SSSR count). The van der Waals surface area contributed by atoms with Crippen LogP contribution in [0.3, 0.4) is 0 Å². The van der Waals surface area contributed by atoms with Gasteiger partial charge in [0, 0.05) is 38.9 Å². The highest BCUT2D eigenvalue weighted by Crippen LogP contribution is 2.34. The molecule has 134 valence electrons. The van der Waals surface area contributed by atoms with Crippen molar-refractivity contribution in [1.29, 1.82) is 0 Å². The molecule has 0 bridgehead atoms. The Hall–Kier alpha value is -2.11. The van der Waals surface area contributed by atoms with Gasteiger partial charge in [-0.2, -0.15) is 0 Å². The van der Waals surface area contributed by atoms with E-state index < -0.39 is 0 Å². The predicted molar refractivity (Wildman–Crippen MR) is 98.4 cm³/mol.